The summed E-state index contributed by atoms with van der Waals surface area (Å²) >= 11 is 0. The molecular weight excluding hydrogens is 250 g/mol. The Kier molecular flexibility index (Phi) is 2.78. The van der Waals surface area contributed by atoms with Crippen LogP contribution >= 0.6 is 0 Å². The number of nitrogen functional groups attached to an aromatic ring is 1. The van der Waals surface area contributed by atoms with E-state index in [1.54, 1.807) is 0 Å². The average Bonchev–Trinajstić information content (AvgIpc) is 2.88. The molecule has 0 saturated heterocycles. The lowest BCUT2D eigenvalue weighted by Gasteiger charge is -2.16. The highest BCUT2D eigenvalue weighted by Gasteiger charge is 2.20. The van der Waals surface area contributed by atoms with Crippen molar-refractivity contribution in [2.75, 3.05) is 5.73 Å². The Labute approximate surface area is 118 Å². The number of fused-ring (bicyclic) bond motifs is 1. The Hall–Kier alpha value is -2.30. The van der Waals surface area contributed by atoms with E-state index in [9.17, 15) is 0 Å². The van der Waals surface area contributed by atoms with Gasteiger partial charge >= 0.3 is 0 Å². The van der Waals surface area contributed by atoms with Gasteiger partial charge in [-0.3, -0.25) is 9.25 Å². The molecule has 3 aromatic rings. The Morgan fingerprint density at radius 1 is 1.15 bits per heavy atom. The third-order valence-electron chi connectivity index (χ3n) is 3.81. The number of benzene rings is 1. The monoisotopic (exact) mass is 269 g/mol. The van der Waals surface area contributed by atoms with Crippen LogP contribution in [0.1, 0.15) is 29.8 Å². The van der Waals surface area contributed by atoms with Crippen LogP contribution in [-0.4, -0.2) is 19.3 Å². The summed E-state index contributed by atoms with van der Waals surface area (Å²) < 4.78 is 3.89. The van der Waals surface area contributed by atoms with Crippen LogP contribution < -0.4 is 5.73 Å². The van der Waals surface area contributed by atoms with Gasteiger partial charge in [-0.1, -0.05) is 29.8 Å². The Morgan fingerprint density at radius 2 is 1.80 bits per heavy atom. The summed E-state index contributed by atoms with van der Waals surface area (Å²) in [7, 11) is 1.93. The van der Waals surface area contributed by atoms with Gasteiger partial charge in [0.2, 0.25) is 5.95 Å². The van der Waals surface area contributed by atoms with Crippen LogP contribution in [0.2, 0.25) is 0 Å². The van der Waals surface area contributed by atoms with Gasteiger partial charge in [0, 0.05) is 7.05 Å². The molecule has 0 aliphatic rings. The normalized spacial score (nSPS) is 13.0. The largest absolute Gasteiger partial charge is 0.369 e. The minimum Gasteiger partial charge on any atom is -0.369 e. The zero-order valence-corrected chi connectivity index (χ0v) is 12.3. The van der Waals surface area contributed by atoms with Crippen molar-refractivity contribution < 1.29 is 0 Å². The molecule has 1 aromatic carbocycles. The number of hydrogen-bond donors (Lipinski definition) is 1. The summed E-state index contributed by atoms with van der Waals surface area (Å²) in [5, 5.41) is 4.42. The average molecular weight is 269 g/mol. The fourth-order valence-corrected chi connectivity index (χ4v) is 2.69. The highest BCUT2D eigenvalue weighted by atomic mass is 15.4. The maximum absolute atomic E-state index is 6.11. The van der Waals surface area contributed by atoms with Crippen molar-refractivity contribution >= 4 is 17.1 Å². The fourth-order valence-electron chi connectivity index (χ4n) is 2.69. The first-order chi connectivity index (χ1) is 9.49. The fraction of sp³-hybridized carbons (Fsp3) is 0.333. The molecule has 1 atom stereocenters. The Morgan fingerprint density at radius 3 is 2.45 bits per heavy atom. The molecule has 0 aliphatic heterocycles. The first kappa shape index (κ1) is 12.7. The highest BCUT2D eigenvalue weighted by Crippen LogP contribution is 2.28. The molecule has 5 heteroatoms. The molecule has 20 heavy (non-hydrogen) atoms. The Bertz CT molecular complexity index is 764. The molecule has 0 radical (unpaired) electrons. The molecule has 0 spiro atoms. The molecule has 1 unspecified atom stereocenters. The molecule has 0 bridgehead atoms. The van der Waals surface area contributed by atoms with Crippen molar-refractivity contribution in [2.24, 2.45) is 7.05 Å². The molecule has 2 aromatic heterocycles. The smallest absolute Gasteiger partial charge is 0.203 e. The van der Waals surface area contributed by atoms with Crippen LogP contribution in [0.3, 0.4) is 0 Å². The van der Waals surface area contributed by atoms with Crippen LogP contribution in [0.25, 0.3) is 11.2 Å². The SMILES string of the molecule is Cc1ccc(C(C)n2c(N)nc3c(C)nn(C)c32)cc1. The van der Waals surface area contributed by atoms with Crippen LogP contribution in [0.5, 0.6) is 0 Å². The predicted molar refractivity (Wildman–Crippen MR) is 80.6 cm³/mol. The van der Waals surface area contributed by atoms with E-state index in [2.05, 4.69) is 48.2 Å². The van der Waals surface area contributed by atoms with Crippen molar-refractivity contribution in [3.05, 3.63) is 41.1 Å². The molecule has 5 nitrogen and oxygen atoms in total. The summed E-state index contributed by atoms with van der Waals surface area (Å²) in [6, 6.07) is 8.62. The molecule has 3 rings (SSSR count). The van der Waals surface area contributed by atoms with Gasteiger partial charge in [0.25, 0.3) is 0 Å². The lowest BCUT2D eigenvalue weighted by atomic mass is 10.1. The number of aryl methyl sites for hydroxylation is 3. The predicted octanol–water partition coefficient (Wildman–Crippen LogP) is 2.58. The molecule has 0 fully saturated rings. The minimum absolute atomic E-state index is 0.121. The summed E-state index contributed by atoms with van der Waals surface area (Å²) in [5.74, 6) is 0.532. The number of hydrogen-bond acceptors (Lipinski definition) is 3. The summed E-state index contributed by atoms with van der Waals surface area (Å²) in [5.41, 5.74) is 11.3. The first-order valence-corrected chi connectivity index (χ1v) is 6.72. The maximum atomic E-state index is 6.11. The molecule has 2 N–H and O–H groups in total. The summed E-state index contributed by atoms with van der Waals surface area (Å²) in [6.07, 6.45) is 0. The van der Waals surface area contributed by atoms with Gasteiger partial charge in [-0.25, -0.2) is 4.98 Å². The topological polar surface area (TPSA) is 61.7 Å². The lowest BCUT2D eigenvalue weighted by Crippen LogP contribution is -2.12. The molecule has 2 heterocycles. The van der Waals surface area contributed by atoms with E-state index in [1.165, 1.54) is 11.1 Å². The number of anilines is 1. The second-order valence-electron chi connectivity index (χ2n) is 5.31. The van der Waals surface area contributed by atoms with E-state index in [0.29, 0.717) is 5.95 Å². The Balaban J connectivity index is 2.18. The maximum Gasteiger partial charge on any atom is 0.203 e. The van der Waals surface area contributed by atoms with Gasteiger partial charge in [0.05, 0.1) is 11.7 Å². The van der Waals surface area contributed by atoms with Crippen molar-refractivity contribution in [1.29, 1.82) is 0 Å². The lowest BCUT2D eigenvalue weighted by molar-refractivity contribution is 0.636. The van der Waals surface area contributed by atoms with Gasteiger partial charge in [-0.15, -0.1) is 0 Å². The van der Waals surface area contributed by atoms with Gasteiger partial charge in [-0.2, -0.15) is 5.10 Å². The van der Waals surface area contributed by atoms with E-state index in [-0.39, 0.29) is 6.04 Å². The zero-order chi connectivity index (χ0) is 14.4. The zero-order valence-electron chi connectivity index (χ0n) is 12.3. The van der Waals surface area contributed by atoms with E-state index >= 15 is 0 Å². The van der Waals surface area contributed by atoms with Crippen LogP contribution in [-0.2, 0) is 7.05 Å². The summed E-state index contributed by atoms with van der Waals surface area (Å²) in [6.45, 7) is 6.17. The molecule has 104 valence electrons. The quantitative estimate of drug-likeness (QED) is 0.777. The number of nitrogens with two attached hydrogens (primary N) is 1. The van der Waals surface area contributed by atoms with Gasteiger partial charge in [0.15, 0.2) is 5.65 Å². The first-order valence-electron chi connectivity index (χ1n) is 6.72. The van der Waals surface area contributed by atoms with Crippen LogP contribution in [0.4, 0.5) is 5.95 Å². The number of rotatable bonds is 2. The second kappa shape index (κ2) is 4.37. The van der Waals surface area contributed by atoms with Crippen LogP contribution in [0, 0.1) is 13.8 Å². The number of nitrogens with zero attached hydrogens (tertiary/aromatic N) is 4. The van der Waals surface area contributed by atoms with Gasteiger partial charge in [0.1, 0.15) is 5.52 Å². The second-order valence-corrected chi connectivity index (χ2v) is 5.31. The highest BCUT2D eigenvalue weighted by molar-refractivity contribution is 5.77. The van der Waals surface area contributed by atoms with Gasteiger partial charge in [-0.05, 0) is 26.3 Å². The van der Waals surface area contributed by atoms with Crippen molar-refractivity contribution in [3.8, 4) is 0 Å². The van der Waals surface area contributed by atoms with Gasteiger partial charge < -0.3 is 5.73 Å². The van der Waals surface area contributed by atoms with Crippen molar-refractivity contribution in [1.82, 2.24) is 19.3 Å². The van der Waals surface area contributed by atoms with Crippen molar-refractivity contribution in [2.45, 2.75) is 26.8 Å². The third-order valence-corrected chi connectivity index (χ3v) is 3.81. The molecule has 0 saturated carbocycles. The number of imidazole rings is 1. The standard InChI is InChI=1S/C15H19N5/c1-9-5-7-12(8-6-9)11(3)20-14-13(17-15(20)16)10(2)18-19(14)4/h5-8,11H,1-4H3,(H2,16,17). The summed E-state index contributed by atoms with van der Waals surface area (Å²) in [4.78, 5) is 4.46. The van der Waals surface area contributed by atoms with Crippen molar-refractivity contribution in [3.63, 3.8) is 0 Å². The van der Waals surface area contributed by atoms with Crippen LogP contribution in [0.15, 0.2) is 24.3 Å². The minimum atomic E-state index is 0.121. The van der Waals surface area contributed by atoms with E-state index < -0.39 is 0 Å². The molecular formula is C15H19N5. The molecule has 0 amide bonds. The third kappa shape index (κ3) is 1.78. The number of aromatic nitrogens is 4. The van der Waals surface area contributed by atoms with E-state index in [4.69, 9.17) is 5.73 Å². The van der Waals surface area contributed by atoms with E-state index in [0.717, 1.165) is 16.9 Å². The van der Waals surface area contributed by atoms with E-state index in [1.807, 2.05) is 23.2 Å². The molecule has 0 aliphatic carbocycles.